The number of nitrogens with zero attached hydrogens (tertiary/aromatic N) is 2. The van der Waals surface area contributed by atoms with E-state index in [9.17, 15) is 4.79 Å². The SMILES string of the molecule is CCC(C)(C)N(C)c1nc(CC(=O)OC)cs1. The molecular formula is C12H20N2O2S. The molecule has 1 aromatic rings. The maximum atomic E-state index is 11.1. The van der Waals surface area contributed by atoms with Gasteiger partial charge in [0.1, 0.15) is 0 Å². The lowest BCUT2D eigenvalue weighted by Gasteiger charge is -2.34. The summed E-state index contributed by atoms with van der Waals surface area (Å²) in [6.45, 7) is 6.50. The van der Waals surface area contributed by atoms with E-state index in [2.05, 4.69) is 35.4 Å². The molecule has 0 aromatic carbocycles. The average molecular weight is 256 g/mol. The first-order chi connectivity index (χ1) is 7.90. The van der Waals surface area contributed by atoms with Crippen molar-refractivity contribution in [3.05, 3.63) is 11.1 Å². The van der Waals surface area contributed by atoms with Crippen LogP contribution in [0.15, 0.2) is 5.38 Å². The van der Waals surface area contributed by atoms with Crippen LogP contribution in [-0.2, 0) is 16.0 Å². The van der Waals surface area contributed by atoms with Crippen molar-refractivity contribution in [1.29, 1.82) is 0 Å². The molecular weight excluding hydrogens is 236 g/mol. The Hall–Kier alpha value is -1.10. The normalized spacial score (nSPS) is 11.4. The van der Waals surface area contributed by atoms with Gasteiger partial charge in [-0.15, -0.1) is 11.3 Å². The van der Waals surface area contributed by atoms with Crippen LogP contribution in [0.4, 0.5) is 5.13 Å². The van der Waals surface area contributed by atoms with Crippen LogP contribution in [0.3, 0.4) is 0 Å². The lowest BCUT2D eigenvalue weighted by molar-refractivity contribution is -0.139. The molecule has 0 bridgehead atoms. The van der Waals surface area contributed by atoms with Crippen LogP contribution in [0, 0.1) is 0 Å². The molecule has 0 radical (unpaired) electrons. The minimum absolute atomic E-state index is 0.0698. The summed E-state index contributed by atoms with van der Waals surface area (Å²) in [5.74, 6) is -0.251. The molecule has 0 saturated carbocycles. The molecule has 0 amide bonds. The Bertz CT molecular complexity index is 388. The molecule has 0 aliphatic heterocycles. The van der Waals surface area contributed by atoms with Crippen LogP contribution in [0.1, 0.15) is 32.9 Å². The van der Waals surface area contributed by atoms with Gasteiger partial charge in [-0.25, -0.2) is 4.98 Å². The van der Waals surface area contributed by atoms with Gasteiger partial charge in [-0.1, -0.05) is 6.92 Å². The fraction of sp³-hybridized carbons (Fsp3) is 0.667. The third kappa shape index (κ3) is 3.43. The number of methoxy groups -OCH3 is 1. The summed E-state index contributed by atoms with van der Waals surface area (Å²) in [6.07, 6.45) is 1.28. The lowest BCUT2D eigenvalue weighted by atomic mass is 10.0. The highest BCUT2D eigenvalue weighted by molar-refractivity contribution is 7.13. The molecule has 0 aliphatic carbocycles. The zero-order valence-corrected chi connectivity index (χ0v) is 11.9. The molecule has 0 N–H and O–H groups in total. The summed E-state index contributed by atoms with van der Waals surface area (Å²) in [7, 11) is 3.42. The molecule has 5 heteroatoms. The monoisotopic (exact) mass is 256 g/mol. The van der Waals surface area contributed by atoms with Gasteiger partial charge in [-0.3, -0.25) is 4.79 Å². The Balaban J connectivity index is 2.77. The van der Waals surface area contributed by atoms with E-state index in [1.807, 2.05) is 12.4 Å². The van der Waals surface area contributed by atoms with E-state index in [4.69, 9.17) is 0 Å². The first-order valence-electron chi connectivity index (χ1n) is 5.65. The minimum Gasteiger partial charge on any atom is -0.469 e. The average Bonchev–Trinajstić information content (AvgIpc) is 2.76. The van der Waals surface area contributed by atoms with Crippen molar-refractivity contribution in [2.24, 2.45) is 0 Å². The van der Waals surface area contributed by atoms with Crippen molar-refractivity contribution in [2.75, 3.05) is 19.1 Å². The molecule has 1 heterocycles. The number of hydrogen-bond acceptors (Lipinski definition) is 5. The molecule has 1 aromatic heterocycles. The van der Waals surface area contributed by atoms with E-state index in [-0.39, 0.29) is 17.9 Å². The maximum absolute atomic E-state index is 11.1. The minimum atomic E-state index is -0.251. The second-order valence-corrected chi connectivity index (χ2v) is 5.44. The van der Waals surface area contributed by atoms with Crippen LogP contribution >= 0.6 is 11.3 Å². The number of thiazole rings is 1. The molecule has 1 rings (SSSR count). The van der Waals surface area contributed by atoms with E-state index in [1.165, 1.54) is 7.11 Å². The Kier molecular flexibility index (Phi) is 4.51. The fourth-order valence-corrected chi connectivity index (χ4v) is 2.20. The predicted octanol–water partition coefficient (Wildman–Crippen LogP) is 2.48. The summed E-state index contributed by atoms with van der Waals surface area (Å²) in [6, 6.07) is 0. The van der Waals surface area contributed by atoms with Gasteiger partial charge in [0.2, 0.25) is 0 Å². The molecule has 0 unspecified atom stereocenters. The number of carbonyl (C=O) groups is 1. The topological polar surface area (TPSA) is 42.4 Å². The van der Waals surface area contributed by atoms with Crippen molar-refractivity contribution in [3.8, 4) is 0 Å². The van der Waals surface area contributed by atoms with E-state index < -0.39 is 0 Å². The Labute approximate surface area is 107 Å². The van der Waals surface area contributed by atoms with Crippen molar-refractivity contribution in [2.45, 2.75) is 39.2 Å². The van der Waals surface area contributed by atoms with Gasteiger partial charge in [0.05, 0.1) is 19.2 Å². The highest BCUT2D eigenvalue weighted by Gasteiger charge is 2.23. The van der Waals surface area contributed by atoms with Gasteiger partial charge >= 0.3 is 5.97 Å². The summed E-state index contributed by atoms with van der Waals surface area (Å²) in [5.41, 5.74) is 0.844. The summed E-state index contributed by atoms with van der Waals surface area (Å²) in [4.78, 5) is 17.7. The standard InChI is InChI=1S/C12H20N2O2S/c1-6-12(2,3)14(4)11-13-9(8-17-11)7-10(15)16-5/h8H,6-7H2,1-5H3. The lowest BCUT2D eigenvalue weighted by Crippen LogP contribution is -2.40. The molecule has 0 spiro atoms. The molecule has 96 valence electrons. The van der Waals surface area contributed by atoms with Gasteiger partial charge in [-0.2, -0.15) is 0 Å². The highest BCUT2D eigenvalue weighted by atomic mass is 32.1. The number of rotatable bonds is 5. The van der Waals surface area contributed by atoms with Gasteiger partial charge in [0.25, 0.3) is 0 Å². The van der Waals surface area contributed by atoms with Crippen LogP contribution in [0.2, 0.25) is 0 Å². The number of esters is 1. The molecule has 0 aliphatic rings. The van der Waals surface area contributed by atoms with Crippen LogP contribution < -0.4 is 4.90 Å². The predicted molar refractivity (Wildman–Crippen MR) is 70.6 cm³/mol. The van der Waals surface area contributed by atoms with E-state index in [0.29, 0.717) is 0 Å². The highest BCUT2D eigenvalue weighted by Crippen LogP contribution is 2.27. The Morgan fingerprint density at radius 2 is 2.24 bits per heavy atom. The van der Waals surface area contributed by atoms with Gasteiger partial charge < -0.3 is 9.64 Å². The van der Waals surface area contributed by atoms with Crippen molar-refractivity contribution >= 4 is 22.4 Å². The number of carbonyl (C=O) groups excluding carboxylic acids is 1. The summed E-state index contributed by atoms with van der Waals surface area (Å²) >= 11 is 1.56. The molecule has 0 atom stereocenters. The van der Waals surface area contributed by atoms with E-state index >= 15 is 0 Å². The number of ether oxygens (including phenoxy) is 1. The summed E-state index contributed by atoms with van der Waals surface area (Å²) in [5, 5.41) is 2.85. The zero-order chi connectivity index (χ0) is 13.1. The third-order valence-electron chi connectivity index (χ3n) is 3.15. The second kappa shape index (κ2) is 5.49. The number of aromatic nitrogens is 1. The molecule has 4 nitrogen and oxygen atoms in total. The quantitative estimate of drug-likeness (QED) is 0.759. The number of hydrogen-bond donors (Lipinski definition) is 0. The van der Waals surface area contributed by atoms with E-state index in [1.54, 1.807) is 11.3 Å². The van der Waals surface area contributed by atoms with Gasteiger partial charge in [0.15, 0.2) is 5.13 Å². The number of anilines is 1. The summed E-state index contributed by atoms with van der Waals surface area (Å²) < 4.78 is 4.62. The van der Waals surface area contributed by atoms with Gasteiger partial charge in [-0.05, 0) is 20.3 Å². The molecule has 0 saturated heterocycles. The Morgan fingerprint density at radius 1 is 1.59 bits per heavy atom. The van der Waals surface area contributed by atoms with Crippen molar-refractivity contribution < 1.29 is 9.53 Å². The first kappa shape index (κ1) is 14.0. The third-order valence-corrected chi connectivity index (χ3v) is 4.12. The van der Waals surface area contributed by atoms with Crippen LogP contribution in [-0.4, -0.2) is 30.6 Å². The Morgan fingerprint density at radius 3 is 2.76 bits per heavy atom. The molecule has 17 heavy (non-hydrogen) atoms. The van der Waals surface area contributed by atoms with Crippen LogP contribution in [0.5, 0.6) is 0 Å². The van der Waals surface area contributed by atoms with Gasteiger partial charge in [0, 0.05) is 18.0 Å². The zero-order valence-electron chi connectivity index (χ0n) is 11.1. The largest absolute Gasteiger partial charge is 0.469 e. The molecule has 0 fully saturated rings. The van der Waals surface area contributed by atoms with Crippen molar-refractivity contribution in [1.82, 2.24) is 4.98 Å². The first-order valence-corrected chi connectivity index (χ1v) is 6.53. The van der Waals surface area contributed by atoms with Crippen molar-refractivity contribution in [3.63, 3.8) is 0 Å². The maximum Gasteiger partial charge on any atom is 0.311 e. The smallest absolute Gasteiger partial charge is 0.311 e. The van der Waals surface area contributed by atoms with E-state index in [0.717, 1.165) is 17.2 Å². The second-order valence-electron chi connectivity index (χ2n) is 4.60. The fourth-order valence-electron chi connectivity index (χ4n) is 1.25. The van der Waals surface area contributed by atoms with Crippen LogP contribution in [0.25, 0.3) is 0 Å².